The molecule has 2 aromatic rings. The predicted molar refractivity (Wildman–Crippen MR) is 98.3 cm³/mol. The number of carbonyl (C=O) groups is 1. The molecule has 9 nitrogen and oxygen atoms in total. The number of hydrogen-bond donors (Lipinski definition) is 1. The Hall–Kier alpha value is -3.01. The van der Waals surface area contributed by atoms with Crippen molar-refractivity contribution in [1.82, 2.24) is 4.98 Å². The highest BCUT2D eigenvalue weighted by Crippen LogP contribution is 2.28. The average Bonchev–Trinajstić information content (AvgIpc) is 3.00. The minimum atomic E-state index is -0.497. The van der Waals surface area contributed by atoms with Gasteiger partial charge in [-0.3, -0.25) is 15.5 Å². The van der Waals surface area contributed by atoms with E-state index in [0.717, 1.165) is 17.8 Å². The van der Waals surface area contributed by atoms with Gasteiger partial charge in [-0.15, -0.1) is 0 Å². The van der Waals surface area contributed by atoms with Gasteiger partial charge < -0.3 is 9.47 Å². The summed E-state index contributed by atoms with van der Waals surface area (Å²) in [6.07, 6.45) is 2.18. The number of nitro groups is 1. The Bertz CT molecular complexity index is 834. The number of anilines is 1. The quantitative estimate of drug-likeness (QED) is 0.324. The maximum absolute atomic E-state index is 11.6. The van der Waals surface area contributed by atoms with Crippen molar-refractivity contribution in [2.45, 2.75) is 20.3 Å². The van der Waals surface area contributed by atoms with Gasteiger partial charge in [-0.25, -0.2) is 9.78 Å². The van der Waals surface area contributed by atoms with Crippen LogP contribution in [-0.4, -0.2) is 35.8 Å². The van der Waals surface area contributed by atoms with Crippen molar-refractivity contribution < 1.29 is 19.2 Å². The van der Waals surface area contributed by atoms with E-state index in [4.69, 9.17) is 4.74 Å². The van der Waals surface area contributed by atoms with Gasteiger partial charge in [0.2, 0.25) is 5.13 Å². The van der Waals surface area contributed by atoms with E-state index >= 15 is 0 Å². The summed E-state index contributed by atoms with van der Waals surface area (Å²) in [7, 11) is 1.30. The average molecular weight is 378 g/mol. The molecular formula is C16H18N4O5S. The summed E-state index contributed by atoms with van der Waals surface area (Å²) in [6.45, 7) is 4.02. The molecular weight excluding hydrogens is 360 g/mol. The number of nitrogens with zero attached hydrogens (tertiary/aromatic N) is 3. The Morgan fingerprint density at radius 3 is 2.92 bits per heavy atom. The topological polar surface area (TPSA) is 116 Å². The van der Waals surface area contributed by atoms with Crippen LogP contribution in [0.5, 0.6) is 5.75 Å². The summed E-state index contributed by atoms with van der Waals surface area (Å²) in [5.74, 6) is -0.240. The number of benzene rings is 1. The van der Waals surface area contributed by atoms with Crippen molar-refractivity contribution in [2.24, 2.45) is 5.10 Å². The van der Waals surface area contributed by atoms with E-state index in [1.807, 2.05) is 6.92 Å². The summed E-state index contributed by atoms with van der Waals surface area (Å²) in [5.41, 5.74) is 3.63. The number of carbonyl (C=O) groups excluding carboxylic acids is 1. The number of ether oxygens (including phenoxy) is 2. The molecule has 0 aliphatic rings. The highest BCUT2D eigenvalue weighted by Gasteiger charge is 2.16. The van der Waals surface area contributed by atoms with Crippen LogP contribution < -0.4 is 10.2 Å². The van der Waals surface area contributed by atoms with Gasteiger partial charge in [-0.2, -0.15) is 5.10 Å². The molecule has 0 saturated heterocycles. The molecule has 138 valence electrons. The smallest absolute Gasteiger partial charge is 0.350 e. The molecule has 0 unspecified atom stereocenters. The van der Waals surface area contributed by atoms with E-state index in [1.165, 1.54) is 25.5 Å². The highest BCUT2D eigenvalue weighted by atomic mass is 32.1. The number of methoxy groups -OCH3 is 1. The Balaban J connectivity index is 2.12. The molecule has 10 heteroatoms. The van der Waals surface area contributed by atoms with Gasteiger partial charge in [0, 0.05) is 11.6 Å². The lowest BCUT2D eigenvalue weighted by atomic mass is 10.2. The van der Waals surface area contributed by atoms with Crippen LogP contribution >= 0.6 is 11.3 Å². The number of nitrogens with one attached hydrogen (secondary N) is 1. The van der Waals surface area contributed by atoms with Gasteiger partial charge >= 0.3 is 11.7 Å². The number of rotatable bonds is 8. The summed E-state index contributed by atoms with van der Waals surface area (Å²) < 4.78 is 10.0. The number of hydrogen-bond acceptors (Lipinski definition) is 9. The zero-order valence-electron chi connectivity index (χ0n) is 14.5. The fourth-order valence-corrected chi connectivity index (χ4v) is 2.81. The molecule has 0 radical (unpaired) electrons. The first-order valence-corrected chi connectivity index (χ1v) is 8.54. The molecule has 0 aliphatic carbocycles. The maximum Gasteiger partial charge on any atom is 0.350 e. The molecule has 1 aromatic carbocycles. The zero-order valence-corrected chi connectivity index (χ0v) is 15.3. The van der Waals surface area contributed by atoms with E-state index in [2.05, 4.69) is 20.2 Å². The first-order valence-electron chi connectivity index (χ1n) is 7.72. The molecule has 1 N–H and O–H groups in total. The molecule has 0 atom stereocenters. The second-order valence-corrected chi connectivity index (χ2v) is 6.13. The Kier molecular flexibility index (Phi) is 6.61. The van der Waals surface area contributed by atoms with Gasteiger partial charge in [-0.1, -0.05) is 18.3 Å². The zero-order chi connectivity index (χ0) is 19.1. The second-order valence-electron chi connectivity index (χ2n) is 5.13. The molecule has 0 spiro atoms. The van der Waals surface area contributed by atoms with Gasteiger partial charge in [0.05, 0.1) is 30.5 Å². The van der Waals surface area contributed by atoms with Crippen molar-refractivity contribution >= 4 is 34.3 Å². The number of esters is 1. The van der Waals surface area contributed by atoms with Crippen LogP contribution in [0.4, 0.5) is 10.8 Å². The van der Waals surface area contributed by atoms with Crippen molar-refractivity contribution in [2.75, 3.05) is 19.1 Å². The third-order valence-electron chi connectivity index (χ3n) is 3.18. The Labute approximate surface area is 153 Å². The summed E-state index contributed by atoms with van der Waals surface area (Å²) in [5, 5.41) is 15.6. The molecule has 1 aromatic heterocycles. The normalized spacial score (nSPS) is 10.7. The van der Waals surface area contributed by atoms with E-state index in [1.54, 1.807) is 13.0 Å². The summed E-state index contributed by atoms with van der Waals surface area (Å²) in [6, 6.07) is 4.58. The first kappa shape index (κ1) is 19.3. The third kappa shape index (κ3) is 4.76. The van der Waals surface area contributed by atoms with Crippen molar-refractivity contribution in [3.05, 3.63) is 44.4 Å². The molecule has 26 heavy (non-hydrogen) atoms. The lowest BCUT2D eigenvalue weighted by Gasteiger charge is -2.05. The maximum atomic E-state index is 11.6. The molecule has 0 aliphatic heterocycles. The standard InChI is InChI=1S/C16H18N4O5S/c1-4-7-25-13-6-5-11(8-12(13)20(22)23)9-17-19-16-18-10(2)14(26-16)15(21)24-3/h5-6,8-9H,4,7H2,1-3H3,(H,18,19)/b17-9-. The lowest BCUT2D eigenvalue weighted by Crippen LogP contribution is -2.00. The van der Waals surface area contributed by atoms with Crippen LogP contribution in [0.15, 0.2) is 23.3 Å². The van der Waals surface area contributed by atoms with Gasteiger partial charge in [-0.05, 0) is 25.5 Å². The fourth-order valence-electron chi connectivity index (χ4n) is 1.98. The number of nitro benzene ring substituents is 1. The van der Waals surface area contributed by atoms with Gasteiger partial charge in [0.25, 0.3) is 0 Å². The number of hydrazone groups is 1. The second kappa shape index (κ2) is 8.90. The Morgan fingerprint density at radius 2 is 2.27 bits per heavy atom. The van der Waals surface area contributed by atoms with Crippen LogP contribution in [0.2, 0.25) is 0 Å². The van der Waals surface area contributed by atoms with Gasteiger partial charge in [0.15, 0.2) is 5.75 Å². The molecule has 2 rings (SSSR count). The highest BCUT2D eigenvalue weighted by molar-refractivity contribution is 7.17. The van der Waals surface area contributed by atoms with E-state index in [0.29, 0.717) is 27.9 Å². The Morgan fingerprint density at radius 1 is 1.50 bits per heavy atom. The molecule has 1 heterocycles. The molecule has 0 bridgehead atoms. The fraction of sp³-hybridized carbons (Fsp3) is 0.312. The van der Waals surface area contributed by atoms with Crippen molar-refractivity contribution in [1.29, 1.82) is 0 Å². The monoisotopic (exact) mass is 378 g/mol. The van der Waals surface area contributed by atoms with E-state index in [-0.39, 0.29) is 11.4 Å². The third-order valence-corrected chi connectivity index (χ3v) is 4.22. The number of thiazole rings is 1. The molecule has 0 fully saturated rings. The SMILES string of the molecule is CCCOc1ccc(/C=N\Nc2nc(C)c(C(=O)OC)s2)cc1[N+](=O)[O-]. The van der Waals surface area contributed by atoms with E-state index in [9.17, 15) is 14.9 Å². The number of aromatic nitrogens is 1. The predicted octanol–water partition coefficient (Wildman–Crippen LogP) is 3.38. The van der Waals surface area contributed by atoms with Crippen LogP contribution in [0, 0.1) is 17.0 Å². The summed E-state index contributed by atoms with van der Waals surface area (Å²) in [4.78, 5) is 26.8. The van der Waals surface area contributed by atoms with Crippen LogP contribution in [0.25, 0.3) is 0 Å². The van der Waals surface area contributed by atoms with Crippen LogP contribution in [0.1, 0.15) is 34.3 Å². The minimum Gasteiger partial charge on any atom is -0.487 e. The number of aryl methyl sites for hydroxylation is 1. The molecule has 0 saturated carbocycles. The first-order chi connectivity index (χ1) is 12.5. The van der Waals surface area contributed by atoms with Gasteiger partial charge in [0.1, 0.15) is 4.88 Å². The van der Waals surface area contributed by atoms with Crippen LogP contribution in [0.3, 0.4) is 0 Å². The minimum absolute atomic E-state index is 0.125. The van der Waals surface area contributed by atoms with E-state index < -0.39 is 10.9 Å². The largest absolute Gasteiger partial charge is 0.487 e. The van der Waals surface area contributed by atoms with Crippen LogP contribution in [-0.2, 0) is 4.74 Å². The van der Waals surface area contributed by atoms with Crippen molar-refractivity contribution in [3.8, 4) is 5.75 Å². The lowest BCUT2D eigenvalue weighted by molar-refractivity contribution is -0.385. The summed E-state index contributed by atoms with van der Waals surface area (Å²) >= 11 is 1.11. The molecule has 0 amide bonds. The van der Waals surface area contributed by atoms with Crippen molar-refractivity contribution in [3.63, 3.8) is 0 Å².